The highest BCUT2D eigenvalue weighted by atomic mass is 16.8. The smallest absolute Gasteiger partial charge is 0.345 e. The maximum atomic E-state index is 12.7. The lowest BCUT2D eigenvalue weighted by Gasteiger charge is -2.28. The first-order chi connectivity index (χ1) is 11.3. The highest BCUT2D eigenvalue weighted by molar-refractivity contribution is 5.83. The molecule has 1 fully saturated rings. The Morgan fingerprint density at radius 1 is 1.17 bits per heavy atom. The molecule has 0 saturated carbocycles. The van der Waals surface area contributed by atoms with Crippen LogP contribution in [0.2, 0.25) is 0 Å². The van der Waals surface area contributed by atoms with Crippen molar-refractivity contribution < 1.29 is 14.3 Å². The lowest BCUT2D eigenvalue weighted by Crippen LogP contribution is -2.35. The van der Waals surface area contributed by atoms with Crippen LogP contribution in [-0.2, 0) is 19.9 Å². The van der Waals surface area contributed by atoms with Gasteiger partial charge < -0.3 is 9.47 Å². The van der Waals surface area contributed by atoms with E-state index in [9.17, 15) is 4.79 Å². The first kappa shape index (κ1) is 18.7. The second kappa shape index (κ2) is 7.52. The maximum absolute atomic E-state index is 12.7. The number of rotatable bonds is 7. The van der Waals surface area contributed by atoms with Crippen LogP contribution < -0.4 is 0 Å². The summed E-state index contributed by atoms with van der Waals surface area (Å²) >= 11 is 0. The summed E-state index contributed by atoms with van der Waals surface area (Å²) in [5.74, 6) is -0.616. The molecular weight excluding hydrogens is 300 g/mol. The highest BCUT2D eigenvalue weighted by Crippen LogP contribution is 2.44. The Bertz CT molecular complexity index is 584. The lowest BCUT2D eigenvalue weighted by atomic mass is 9.85. The fourth-order valence-corrected chi connectivity index (χ4v) is 3.22. The van der Waals surface area contributed by atoms with Gasteiger partial charge in [-0.2, -0.15) is 0 Å². The largest absolute Gasteiger partial charge is 0.431 e. The molecule has 132 valence electrons. The molecule has 1 heterocycles. The van der Waals surface area contributed by atoms with Crippen LogP contribution in [0.4, 0.5) is 0 Å². The third-order valence-electron chi connectivity index (χ3n) is 4.53. The predicted octanol–water partition coefficient (Wildman–Crippen LogP) is 5.35. The van der Waals surface area contributed by atoms with Gasteiger partial charge in [-0.25, -0.2) is 4.79 Å². The third-order valence-corrected chi connectivity index (χ3v) is 4.53. The minimum Gasteiger partial charge on any atom is -0.431 e. The van der Waals surface area contributed by atoms with Crippen molar-refractivity contribution in [1.29, 1.82) is 0 Å². The molecule has 1 aliphatic rings. The van der Waals surface area contributed by atoms with Gasteiger partial charge in [-0.15, -0.1) is 0 Å². The molecule has 0 bridgehead atoms. The van der Waals surface area contributed by atoms with Gasteiger partial charge in [0.25, 0.3) is 0 Å². The van der Waals surface area contributed by atoms with Gasteiger partial charge in [-0.1, -0.05) is 48.9 Å². The van der Waals surface area contributed by atoms with Gasteiger partial charge in [0.2, 0.25) is 5.79 Å². The summed E-state index contributed by atoms with van der Waals surface area (Å²) in [6, 6.07) is 9.74. The Labute approximate surface area is 146 Å². The van der Waals surface area contributed by atoms with Crippen molar-refractivity contribution in [3.8, 4) is 0 Å². The fourth-order valence-electron chi connectivity index (χ4n) is 3.22. The number of hydrogen-bond acceptors (Lipinski definition) is 3. The molecule has 24 heavy (non-hydrogen) atoms. The van der Waals surface area contributed by atoms with E-state index in [-0.39, 0.29) is 5.97 Å². The molecule has 0 aromatic heterocycles. The molecule has 3 heteroatoms. The zero-order chi connectivity index (χ0) is 17.8. The standard InChI is InChI=1S/C21H30O3/c1-16(2)10-9-11-17(3)14-15-21(18-12-7-6-8-13-18)19(22)23-20(4,5)24-21/h6-8,10,12-13,17H,9,11,14-15H2,1-5H3. The number of esters is 1. The molecule has 2 unspecified atom stereocenters. The van der Waals surface area contributed by atoms with E-state index in [0.29, 0.717) is 12.3 Å². The van der Waals surface area contributed by atoms with Crippen molar-refractivity contribution in [3.05, 3.63) is 47.5 Å². The Hall–Kier alpha value is -1.61. The van der Waals surface area contributed by atoms with Gasteiger partial charge in [0.05, 0.1) is 0 Å². The zero-order valence-electron chi connectivity index (χ0n) is 15.6. The highest BCUT2D eigenvalue weighted by Gasteiger charge is 2.54. The van der Waals surface area contributed by atoms with Crippen LogP contribution >= 0.6 is 0 Å². The van der Waals surface area contributed by atoms with Crippen molar-refractivity contribution in [2.75, 3.05) is 0 Å². The van der Waals surface area contributed by atoms with Crippen LogP contribution in [0.25, 0.3) is 0 Å². The van der Waals surface area contributed by atoms with Gasteiger partial charge in [0.15, 0.2) is 5.60 Å². The Morgan fingerprint density at radius 2 is 1.83 bits per heavy atom. The minimum absolute atomic E-state index is 0.268. The van der Waals surface area contributed by atoms with Gasteiger partial charge in [0.1, 0.15) is 0 Å². The molecule has 2 rings (SSSR count). The molecule has 1 saturated heterocycles. The number of carbonyl (C=O) groups is 1. The quantitative estimate of drug-likeness (QED) is 0.499. The first-order valence-corrected chi connectivity index (χ1v) is 8.88. The lowest BCUT2D eigenvalue weighted by molar-refractivity contribution is -0.169. The van der Waals surface area contributed by atoms with E-state index in [4.69, 9.17) is 9.47 Å². The summed E-state index contributed by atoms with van der Waals surface area (Å²) in [6.45, 7) is 10.1. The average Bonchev–Trinajstić information content (AvgIpc) is 2.75. The number of allylic oxidation sites excluding steroid dienone is 2. The number of carbonyl (C=O) groups excluding carboxylic acids is 1. The van der Waals surface area contributed by atoms with Crippen molar-refractivity contribution in [3.63, 3.8) is 0 Å². The Kier molecular flexibility index (Phi) is 5.87. The van der Waals surface area contributed by atoms with E-state index >= 15 is 0 Å². The van der Waals surface area contributed by atoms with E-state index in [2.05, 4.69) is 26.8 Å². The molecule has 1 aliphatic heterocycles. The Morgan fingerprint density at radius 3 is 2.38 bits per heavy atom. The molecule has 0 spiro atoms. The topological polar surface area (TPSA) is 35.5 Å². The minimum atomic E-state index is -0.977. The summed E-state index contributed by atoms with van der Waals surface area (Å²) in [5.41, 5.74) is 1.26. The maximum Gasteiger partial charge on any atom is 0.345 e. The van der Waals surface area contributed by atoms with Gasteiger partial charge in [-0.3, -0.25) is 0 Å². The van der Waals surface area contributed by atoms with Crippen LogP contribution in [-0.4, -0.2) is 11.8 Å². The summed E-state index contributed by atoms with van der Waals surface area (Å²) in [6.07, 6.45) is 6.05. The van der Waals surface area contributed by atoms with Crippen molar-refractivity contribution >= 4 is 5.97 Å². The summed E-state index contributed by atoms with van der Waals surface area (Å²) in [5, 5.41) is 0. The van der Waals surface area contributed by atoms with Crippen LogP contribution in [0.5, 0.6) is 0 Å². The molecule has 0 radical (unpaired) electrons. The van der Waals surface area contributed by atoms with Crippen LogP contribution in [0.1, 0.15) is 65.9 Å². The van der Waals surface area contributed by atoms with Crippen LogP contribution in [0.15, 0.2) is 42.0 Å². The zero-order valence-corrected chi connectivity index (χ0v) is 15.6. The third kappa shape index (κ3) is 4.47. The van der Waals surface area contributed by atoms with E-state index in [1.807, 2.05) is 30.3 Å². The summed E-state index contributed by atoms with van der Waals surface area (Å²) in [7, 11) is 0. The van der Waals surface area contributed by atoms with E-state index in [1.54, 1.807) is 13.8 Å². The van der Waals surface area contributed by atoms with E-state index in [1.165, 1.54) is 5.57 Å². The van der Waals surface area contributed by atoms with E-state index < -0.39 is 11.4 Å². The summed E-state index contributed by atoms with van der Waals surface area (Å²) in [4.78, 5) is 12.7. The summed E-state index contributed by atoms with van der Waals surface area (Å²) < 4.78 is 11.6. The van der Waals surface area contributed by atoms with Gasteiger partial charge in [0, 0.05) is 13.8 Å². The SMILES string of the molecule is CC(C)=CCCC(C)CCC1(c2ccccc2)OC(C)(C)OC1=O. The van der Waals surface area contributed by atoms with Crippen molar-refractivity contribution in [2.24, 2.45) is 5.92 Å². The fraction of sp³-hybridized carbons (Fsp3) is 0.571. The van der Waals surface area contributed by atoms with Crippen LogP contribution in [0, 0.1) is 5.92 Å². The van der Waals surface area contributed by atoms with Crippen molar-refractivity contribution in [2.45, 2.75) is 71.7 Å². The molecule has 3 nitrogen and oxygen atoms in total. The number of benzene rings is 1. The molecule has 1 aromatic carbocycles. The number of hydrogen-bond donors (Lipinski definition) is 0. The van der Waals surface area contributed by atoms with Gasteiger partial charge >= 0.3 is 5.97 Å². The van der Waals surface area contributed by atoms with Gasteiger partial charge in [-0.05, 0) is 51.0 Å². The molecular formula is C21H30O3. The normalized spacial score (nSPS) is 23.6. The first-order valence-electron chi connectivity index (χ1n) is 8.88. The molecule has 2 atom stereocenters. The number of ether oxygens (including phenoxy) is 2. The molecule has 1 aromatic rings. The van der Waals surface area contributed by atoms with Crippen LogP contribution in [0.3, 0.4) is 0 Å². The second-order valence-corrected chi connectivity index (χ2v) is 7.59. The number of cyclic esters (lactones) is 1. The second-order valence-electron chi connectivity index (χ2n) is 7.59. The predicted molar refractivity (Wildman–Crippen MR) is 96.4 cm³/mol. The van der Waals surface area contributed by atoms with Crippen molar-refractivity contribution in [1.82, 2.24) is 0 Å². The molecule has 0 amide bonds. The Balaban J connectivity index is 2.11. The monoisotopic (exact) mass is 330 g/mol. The average molecular weight is 330 g/mol. The van der Waals surface area contributed by atoms with E-state index in [0.717, 1.165) is 24.8 Å². The molecule has 0 N–H and O–H groups in total. The molecule has 0 aliphatic carbocycles.